The van der Waals surface area contributed by atoms with Crippen LogP contribution in [0.3, 0.4) is 0 Å². The first-order chi connectivity index (χ1) is 6.16. The summed E-state index contributed by atoms with van der Waals surface area (Å²) in [4.78, 5) is 0. The molecule has 0 saturated carbocycles. The maximum Gasteiger partial charge on any atom is 0.0746 e. The molecule has 0 amide bonds. The highest BCUT2D eigenvalue weighted by atomic mass is 16.3. The second-order valence-electron chi connectivity index (χ2n) is 5.82. The Kier molecular flexibility index (Phi) is 5.10. The summed E-state index contributed by atoms with van der Waals surface area (Å²) in [5.41, 5.74) is -0.498. The number of aliphatic hydroxyl groups is 1. The van der Waals surface area contributed by atoms with Crippen LogP contribution in [0.15, 0.2) is 0 Å². The zero-order valence-electron chi connectivity index (χ0n) is 10.6. The van der Waals surface area contributed by atoms with Gasteiger partial charge in [0.05, 0.1) is 5.60 Å². The Hall–Kier alpha value is -0.0800. The van der Waals surface area contributed by atoms with E-state index in [9.17, 15) is 5.11 Å². The Morgan fingerprint density at radius 2 is 1.71 bits per heavy atom. The SMILES string of the molecule is CCC(C)CC(C)(O)CNC(C)(C)C. The maximum absolute atomic E-state index is 10.1. The molecule has 0 bridgehead atoms. The second kappa shape index (κ2) is 5.13. The largest absolute Gasteiger partial charge is 0.389 e. The van der Waals surface area contributed by atoms with Gasteiger partial charge in [-0.05, 0) is 40.0 Å². The molecule has 2 nitrogen and oxygen atoms in total. The van der Waals surface area contributed by atoms with Gasteiger partial charge in [0.1, 0.15) is 0 Å². The molecule has 2 unspecified atom stereocenters. The molecule has 0 fully saturated rings. The van der Waals surface area contributed by atoms with Crippen molar-refractivity contribution in [2.45, 2.75) is 65.5 Å². The van der Waals surface area contributed by atoms with Gasteiger partial charge in [0.2, 0.25) is 0 Å². The molecule has 0 aromatic carbocycles. The van der Waals surface area contributed by atoms with Crippen LogP contribution in [0.2, 0.25) is 0 Å². The third-order valence-electron chi connectivity index (χ3n) is 2.48. The van der Waals surface area contributed by atoms with Crippen LogP contribution in [0.1, 0.15) is 54.4 Å². The van der Waals surface area contributed by atoms with Gasteiger partial charge in [0.25, 0.3) is 0 Å². The van der Waals surface area contributed by atoms with Crippen molar-refractivity contribution in [3.05, 3.63) is 0 Å². The van der Waals surface area contributed by atoms with Gasteiger partial charge in [-0.2, -0.15) is 0 Å². The minimum Gasteiger partial charge on any atom is -0.389 e. The van der Waals surface area contributed by atoms with Crippen LogP contribution in [0, 0.1) is 5.92 Å². The van der Waals surface area contributed by atoms with E-state index in [0.717, 1.165) is 12.8 Å². The van der Waals surface area contributed by atoms with Crippen LogP contribution in [-0.4, -0.2) is 22.8 Å². The molecule has 0 heterocycles. The van der Waals surface area contributed by atoms with E-state index in [0.29, 0.717) is 12.5 Å². The molecular weight excluding hydrogens is 174 g/mol. The molecule has 86 valence electrons. The number of rotatable bonds is 5. The van der Waals surface area contributed by atoms with Gasteiger partial charge in [-0.3, -0.25) is 0 Å². The van der Waals surface area contributed by atoms with E-state index < -0.39 is 5.60 Å². The molecule has 0 saturated heterocycles. The smallest absolute Gasteiger partial charge is 0.0746 e. The topological polar surface area (TPSA) is 32.3 Å². The molecule has 14 heavy (non-hydrogen) atoms. The van der Waals surface area contributed by atoms with E-state index in [-0.39, 0.29) is 5.54 Å². The van der Waals surface area contributed by atoms with Gasteiger partial charge in [-0.25, -0.2) is 0 Å². The monoisotopic (exact) mass is 201 g/mol. The zero-order chi connectivity index (χ0) is 11.4. The fourth-order valence-electron chi connectivity index (χ4n) is 1.42. The highest BCUT2D eigenvalue weighted by Gasteiger charge is 2.24. The summed E-state index contributed by atoms with van der Waals surface area (Å²) in [6, 6.07) is 0. The van der Waals surface area contributed by atoms with Crippen LogP contribution in [0.25, 0.3) is 0 Å². The summed E-state index contributed by atoms with van der Waals surface area (Å²) in [5, 5.41) is 13.5. The summed E-state index contributed by atoms with van der Waals surface area (Å²) in [7, 11) is 0. The standard InChI is InChI=1S/C12H27NO/c1-7-10(2)8-12(6,14)9-13-11(3,4)5/h10,13-14H,7-9H2,1-6H3. The predicted molar refractivity (Wildman–Crippen MR) is 62.5 cm³/mol. The lowest BCUT2D eigenvalue weighted by Crippen LogP contribution is -2.46. The van der Waals surface area contributed by atoms with E-state index in [1.54, 1.807) is 0 Å². The predicted octanol–water partition coefficient (Wildman–Crippen LogP) is 2.56. The van der Waals surface area contributed by atoms with Crippen molar-refractivity contribution in [3.8, 4) is 0 Å². The van der Waals surface area contributed by atoms with Crippen molar-refractivity contribution >= 4 is 0 Å². The van der Waals surface area contributed by atoms with Crippen LogP contribution < -0.4 is 5.32 Å². The molecule has 0 aliphatic heterocycles. The number of β-amino-alcohol motifs (C(OH)–C–C–N with tert-alkyl or cyclic N) is 1. The van der Waals surface area contributed by atoms with Gasteiger partial charge in [0, 0.05) is 12.1 Å². The molecule has 0 spiro atoms. The Bertz CT molecular complexity index is 158. The quantitative estimate of drug-likeness (QED) is 0.716. The van der Waals surface area contributed by atoms with Gasteiger partial charge < -0.3 is 10.4 Å². The minimum atomic E-state index is -0.581. The maximum atomic E-state index is 10.1. The van der Waals surface area contributed by atoms with Crippen molar-refractivity contribution < 1.29 is 5.11 Å². The van der Waals surface area contributed by atoms with Crippen molar-refractivity contribution in [1.29, 1.82) is 0 Å². The average Bonchev–Trinajstić information content (AvgIpc) is 1.99. The fourth-order valence-corrected chi connectivity index (χ4v) is 1.42. The van der Waals surface area contributed by atoms with E-state index in [2.05, 4.69) is 39.9 Å². The summed E-state index contributed by atoms with van der Waals surface area (Å²) in [6.45, 7) is 13.3. The molecule has 2 heteroatoms. The van der Waals surface area contributed by atoms with Crippen molar-refractivity contribution in [3.63, 3.8) is 0 Å². The first kappa shape index (κ1) is 13.9. The zero-order valence-corrected chi connectivity index (χ0v) is 10.6. The Labute approximate surface area is 89.1 Å². The van der Waals surface area contributed by atoms with Crippen LogP contribution in [-0.2, 0) is 0 Å². The van der Waals surface area contributed by atoms with E-state index in [4.69, 9.17) is 0 Å². The Morgan fingerprint density at radius 3 is 2.07 bits per heavy atom. The van der Waals surface area contributed by atoms with Crippen molar-refractivity contribution in [2.24, 2.45) is 5.92 Å². The fraction of sp³-hybridized carbons (Fsp3) is 1.00. The molecule has 0 aliphatic carbocycles. The minimum absolute atomic E-state index is 0.0828. The summed E-state index contributed by atoms with van der Waals surface area (Å²) in [5.74, 6) is 0.590. The molecule has 0 radical (unpaired) electrons. The molecule has 0 aliphatic rings. The van der Waals surface area contributed by atoms with Gasteiger partial charge >= 0.3 is 0 Å². The lowest BCUT2D eigenvalue weighted by atomic mass is 9.91. The summed E-state index contributed by atoms with van der Waals surface area (Å²) < 4.78 is 0. The first-order valence-corrected chi connectivity index (χ1v) is 5.64. The average molecular weight is 201 g/mol. The molecule has 0 aromatic heterocycles. The van der Waals surface area contributed by atoms with Crippen molar-refractivity contribution in [2.75, 3.05) is 6.54 Å². The molecule has 2 N–H and O–H groups in total. The third kappa shape index (κ3) is 7.34. The number of hydrogen-bond acceptors (Lipinski definition) is 2. The summed E-state index contributed by atoms with van der Waals surface area (Å²) in [6.07, 6.45) is 2.00. The van der Waals surface area contributed by atoms with Gasteiger partial charge in [-0.1, -0.05) is 20.3 Å². The van der Waals surface area contributed by atoms with Crippen LogP contribution >= 0.6 is 0 Å². The summed E-state index contributed by atoms with van der Waals surface area (Å²) >= 11 is 0. The van der Waals surface area contributed by atoms with E-state index >= 15 is 0 Å². The highest BCUT2D eigenvalue weighted by Crippen LogP contribution is 2.18. The number of hydrogen-bond donors (Lipinski definition) is 2. The molecule has 0 aromatic rings. The van der Waals surface area contributed by atoms with E-state index in [1.165, 1.54) is 0 Å². The lowest BCUT2D eigenvalue weighted by molar-refractivity contribution is 0.0301. The Morgan fingerprint density at radius 1 is 1.21 bits per heavy atom. The van der Waals surface area contributed by atoms with Crippen molar-refractivity contribution in [1.82, 2.24) is 5.32 Å². The van der Waals surface area contributed by atoms with Crippen LogP contribution in [0.5, 0.6) is 0 Å². The third-order valence-corrected chi connectivity index (χ3v) is 2.48. The van der Waals surface area contributed by atoms with Crippen LogP contribution in [0.4, 0.5) is 0 Å². The lowest BCUT2D eigenvalue weighted by Gasteiger charge is -2.31. The number of nitrogens with one attached hydrogen (secondary N) is 1. The highest BCUT2D eigenvalue weighted by molar-refractivity contribution is 4.81. The normalized spacial score (nSPS) is 19.1. The van der Waals surface area contributed by atoms with Gasteiger partial charge in [-0.15, -0.1) is 0 Å². The Balaban J connectivity index is 3.95. The molecule has 2 atom stereocenters. The van der Waals surface area contributed by atoms with E-state index in [1.807, 2.05) is 6.92 Å². The molecule has 0 rings (SSSR count). The van der Waals surface area contributed by atoms with Gasteiger partial charge in [0.15, 0.2) is 0 Å². The first-order valence-electron chi connectivity index (χ1n) is 5.64. The second-order valence-corrected chi connectivity index (χ2v) is 5.82. The molecular formula is C12H27NO.